The molecule has 1 aliphatic rings. The fourth-order valence-corrected chi connectivity index (χ4v) is 2.67. The minimum Gasteiger partial charge on any atom is -0.370 e. The fourth-order valence-electron chi connectivity index (χ4n) is 2.67. The molecule has 22 heavy (non-hydrogen) atoms. The number of morpholine rings is 1. The molecule has 1 unspecified atom stereocenters. The van der Waals surface area contributed by atoms with E-state index in [1.807, 2.05) is 59.5 Å². The maximum absolute atomic E-state index is 12.6. The van der Waals surface area contributed by atoms with Crippen LogP contribution in [-0.4, -0.2) is 30.5 Å². The van der Waals surface area contributed by atoms with E-state index in [4.69, 9.17) is 10.5 Å². The van der Waals surface area contributed by atoms with Crippen molar-refractivity contribution < 1.29 is 9.53 Å². The fraction of sp³-hybridized carbons (Fsp3) is 0.278. The maximum Gasteiger partial charge on any atom is 0.254 e. The number of nitrogens with zero attached hydrogens (tertiary/aromatic N) is 1. The van der Waals surface area contributed by atoms with Gasteiger partial charge in [0.25, 0.3) is 5.91 Å². The third-order valence-electron chi connectivity index (χ3n) is 3.96. The lowest BCUT2D eigenvalue weighted by atomic mass is 10.1. The van der Waals surface area contributed by atoms with Crippen molar-refractivity contribution >= 4 is 5.91 Å². The zero-order chi connectivity index (χ0) is 15.4. The van der Waals surface area contributed by atoms with Crippen molar-refractivity contribution in [2.45, 2.75) is 12.6 Å². The Morgan fingerprint density at radius 2 is 1.86 bits per heavy atom. The monoisotopic (exact) mass is 296 g/mol. The number of carbonyl (C=O) groups is 1. The number of amides is 1. The third kappa shape index (κ3) is 3.18. The standard InChI is InChI=1S/C18H20N2O2/c19-12-14-6-8-16(9-7-14)18(21)20-10-11-22-17(13-20)15-4-2-1-3-5-15/h1-9,17H,10-13,19H2. The largest absolute Gasteiger partial charge is 0.370 e. The molecular formula is C18H20N2O2. The number of rotatable bonds is 3. The Balaban J connectivity index is 1.72. The number of ether oxygens (including phenoxy) is 1. The first-order valence-corrected chi connectivity index (χ1v) is 7.53. The van der Waals surface area contributed by atoms with Gasteiger partial charge in [-0.3, -0.25) is 4.79 Å². The summed E-state index contributed by atoms with van der Waals surface area (Å²) >= 11 is 0. The average molecular weight is 296 g/mol. The summed E-state index contributed by atoms with van der Waals surface area (Å²) in [7, 11) is 0. The summed E-state index contributed by atoms with van der Waals surface area (Å²) in [6.45, 7) is 2.26. The number of hydrogen-bond acceptors (Lipinski definition) is 3. The molecule has 3 rings (SSSR count). The van der Waals surface area contributed by atoms with Crippen molar-refractivity contribution in [3.8, 4) is 0 Å². The number of nitrogens with two attached hydrogens (primary N) is 1. The van der Waals surface area contributed by atoms with Crippen LogP contribution in [0.1, 0.15) is 27.6 Å². The first-order valence-electron chi connectivity index (χ1n) is 7.53. The van der Waals surface area contributed by atoms with Crippen LogP contribution in [0.5, 0.6) is 0 Å². The quantitative estimate of drug-likeness (QED) is 0.946. The Bertz CT molecular complexity index is 625. The maximum atomic E-state index is 12.6. The van der Waals surface area contributed by atoms with Gasteiger partial charge in [0.1, 0.15) is 6.10 Å². The third-order valence-corrected chi connectivity index (χ3v) is 3.96. The predicted octanol–water partition coefficient (Wildman–Crippen LogP) is 2.36. The van der Waals surface area contributed by atoms with Crippen molar-refractivity contribution in [2.24, 2.45) is 5.73 Å². The predicted molar refractivity (Wildman–Crippen MR) is 85.4 cm³/mol. The number of carbonyl (C=O) groups excluding carboxylic acids is 1. The lowest BCUT2D eigenvalue weighted by molar-refractivity contribution is -0.0228. The van der Waals surface area contributed by atoms with Gasteiger partial charge in [-0.05, 0) is 23.3 Å². The molecule has 1 heterocycles. The van der Waals surface area contributed by atoms with E-state index in [9.17, 15) is 4.79 Å². The first kappa shape index (κ1) is 14.8. The molecule has 0 spiro atoms. The van der Waals surface area contributed by atoms with Crippen LogP contribution in [0.3, 0.4) is 0 Å². The highest BCUT2D eigenvalue weighted by Gasteiger charge is 2.25. The summed E-state index contributed by atoms with van der Waals surface area (Å²) in [5.74, 6) is 0.0489. The van der Waals surface area contributed by atoms with Gasteiger partial charge >= 0.3 is 0 Å². The Morgan fingerprint density at radius 3 is 2.55 bits per heavy atom. The van der Waals surface area contributed by atoms with Crippen LogP contribution in [0.2, 0.25) is 0 Å². The molecule has 4 heteroatoms. The highest BCUT2D eigenvalue weighted by atomic mass is 16.5. The molecule has 1 atom stereocenters. The van der Waals surface area contributed by atoms with E-state index in [1.54, 1.807) is 0 Å². The normalized spacial score (nSPS) is 18.2. The minimum absolute atomic E-state index is 0.0489. The summed E-state index contributed by atoms with van der Waals surface area (Å²) in [5.41, 5.74) is 8.43. The molecule has 0 radical (unpaired) electrons. The van der Waals surface area contributed by atoms with Crippen LogP contribution in [-0.2, 0) is 11.3 Å². The van der Waals surface area contributed by atoms with Crippen LogP contribution < -0.4 is 5.73 Å². The lowest BCUT2D eigenvalue weighted by Gasteiger charge is -2.33. The zero-order valence-electron chi connectivity index (χ0n) is 12.4. The summed E-state index contributed by atoms with van der Waals surface area (Å²) in [4.78, 5) is 14.5. The van der Waals surface area contributed by atoms with Crippen molar-refractivity contribution in [1.82, 2.24) is 4.90 Å². The molecule has 0 saturated carbocycles. The SMILES string of the molecule is NCc1ccc(C(=O)N2CCOC(c3ccccc3)C2)cc1. The lowest BCUT2D eigenvalue weighted by Crippen LogP contribution is -2.42. The smallest absolute Gasteiger partial charge is 0.254 e. The Kier molecular flexibility index (Phi) is 4.51. The van der Waals surface area contributed by atoms with E-state index >= 15 is 0 Å². The van der Waals surface area contributed by atoms with E-state index < -0.39 is 0 Å². The molecule has 2 aromatic carbocycles. The summed E-state index contributed by atoms with van der Waals surface area (Å²) in [5, 5.41) is 0. The second kappa shape index (κ2) is 6.73. The van der Waals surface area contributed by atoms with Gasteiger partial charge in [-0.15, -0.1) is 0 Å². The minimum atomic E-state index is -0.0535. The number of hydrogen-bond donors (Lipinski definition) is 1. The molecule has 4 nitrogen and oxygen atoms in total. The molecule has 1 aliphatic heterocycles. The number of benzene rings is 2. The van der Waals surface area contributed by atoms with Crippen molar-refractivity contribution in [2.75, 3.05) is 19.7 Å². The molecule has 0 aliphatic carbocycles. The van der Waals surface area contributed by atoms with E-state index in [0.717, 1.165) is 11.1 Å². The van der Waals surface area contributed by atoms with Gasteiger partial charge in [-0.1, -0.05) is 42.5 Å². The van der Waals surface area contributed by atoms with Gasteiger partial charge in [0, 0.05) is 18.7 Å². The van der Waals surface area contributed by atoms with Gasteiger partial charge in [-0.25, -0.2) is 0 Å². The van der Waals surface area contributed by atoms with Crippen LogP contribution >= 0.6 is 0 Å². The Hall–Kier alpha value is -2.17. The van der Waals surface area contributed by atoms with E-state index in [1.165, 1.54) is 0 Å². The molecule has 114 valence electrons. The highest BCUT2D eigenvalue weighted by molar-refractivity contribution is 5.94. The van der Waals surface area contributed by atoms with Gasteiger partial charge in [0.05, 0.1) is 13.2 Å². The molecule has 0 bridgehead atoms. The van der Waals surface area contributed by atoms with Crippen LogP contribution in [0, 0.1) is 0 Å². The van der Waals surface area contributed by atoms with Gasteiger partial charge in [0.15, 0.2) is 0 Å². The first-order chi connectivity index (χ1) is 10.8. The summed E-state index contributed by atoms with van der Waals surface area (Å²) in [6, 6.07) is 17.5. The molecule has 1 fully saturated rings. The van der Waals surface area contributed by atoms with Gasteiger partial charge in [0.2, 0.25) is 0 Å². The molecule has 1 amide bonds. The average Bonchev–Trinajstić information content (AvgIpc) is 2.62. The molecule has 2 N–H and O–H groups in total. The summed E-state index contributed by atoms with van der Waals surface area (Å²) in [6.07, 6.45) is -0.0535. The van der Waals surface area contributed by atoms with Crippen LogP contribution in [0.25, 0.3) is 0 Å². The van der Waals surface area contributed by atoms with Gasteiger partial charge < -0.3 is 15.4 Å². The topological polar surface area (TPSA) is 55.6 Å². The van der Waals surface area contributed by atoms with E-state index in [0.29, 0.717) is 31.8 Å². The molecular weight excluding hydrogens is 276 g/mol. The van der Waals surface area contributed by atoms with Crippen LogP contribution in [0.4, 0.5) is 0 Å². The van der Waals surface area contributed by atoms with E-state index in [-0.39, 0.29) is 12.0 Å². The van der Waals surface area contributed by atoms with Crippen LogP contribution in [0.15, 0.2) is 54.6 Å². The second-order valence-corrected chi connectivity index (χ2v) is 5.42. The summed E-state index contributed by atoms with van der Waals surface area (Å²) < 4.78 is 5.81. The molecule has 1 saturated heterocycles. The van der Waals surface area contributed by atoms with Crippen molar-refractivity contribution in [3.05, 3.63) is 71.3 Å². The molecule has 0 aromatic heterocycles. The van der Waals surface area contributed by atoms with Crippen molar-refractivity contribution in [3.63, 3.8) is 0 Å². The highest BCUT2D eigenvalue weighted by Crippen LogP contribution is 2.23. The van der Waals surface area contributed by atoms with Crippen molar-refractivity contribution in [1.29, 1.82) is 0 Å². The zero-order valence-corrected chi connectivity index (χ0v) is 12.4. The van der Waals surface area contributed by atoms with Gasteiger partial charge in [-0.2, -0.15) is 0 Å². The Morgan fingerprint density at radius 1 is 1.14 bits per heavy atom. The molecule has 2 aromatic rings. The second-order valence-electron chi connectivity index (χ2n) is 5.42. The Labute approximate surface area is 130 Å². The van der Waals surface area contributed by atoms with E-state index in [2.05, 4.69) is 0 Å².